The molecular formula is C12H24N2O. The van der Waals surface area contributed by atoms with E-state index in [9.17, 15) is 0 Å². The highest BCUT2D eigenvalue weighted by molar-refractivity contribution is 5.28. The molecule has 0 atom stereocenters. The van der Waals surface area contributed by atoms with Crippen molar-refractivity contribution >= 4 is 0 Å². The second-order valence-corrected chi connectivity index (χ2v) is 2.78. The van der Waals surface area contributed by atoms with Gasteiger partial charge in [0.25, 0.3) is 0 Å². The number of nitrogens with two attached hydrogens (primary N) is 1. The van der Waals surface area contributed by atoms with E-state index < -0.39 is 0 Å². The molecule has 0 aliphatic heterocycles. The van der Waals surface area contributed by atoms with E-state index in [1.54, 1.807) is 6.08 Å². The van der Waals surface area contributed by atoms with Gasteiger partial charge in [-0.1, -0.05) is 27.0 Å². The van der Waals surface area contributed by atoms with Gasteiger partial charge in [0.15, 0.2) is 0 Å². The molecule has 0 saturated carbocycles. The van der Waals surface area contributed by atoms with E-state index >= 15 is 0 Å². The topological polar surface area (TPSA) is 47.3 Å². The smallest absolute Gasteiger partial charge is 0.115 e. The fraction of sp³-hybridized carbons (Fsp3) is 0.500. The summed E-state index contributed by atoms with van der Waals surface area (Å²) in [6, 6.07) is 0. The Bertz CT molecular complexity index is 220. The Morgan fingerprint density at radius 1 is 1.40 bits per heavy atom. The maximum absolute atomic E-state index is 5.41. The zero-order valence-corrected chi connectivity index (χ0v) is 10.4. The van der Waals surface area contributed by atoms with Crippen LogP contribution in [0.1, 0.15) is 20.8 Å². The lowest BCUT2D eigenvalue weighted by Crippen LogP contribution is -2.14. The fourth-order valence-corrected chi connectivity index (χ4v) is 0.749. The fourth-order valence-electron chi connectivity index (χ4n) is 0.749. The molecule has 3 heteroatoms. The van der Waals surface area contributed by atoms with Gasteiger partial charge in [-0.2, -0.15) is 0 Å². The largest absolute Gasteiger partial charge is 0.493 e. The first kappa shape index (κ1) is 16.2. The van der Waals surface area contributed by atoms with E-state index in [1.807, 2.05) is 27.8 Å². The first-order valence-corrected chi connectivity index (χ1v) is 5.17. The van der Waals surface area contributed by atoms with Gasteiger partial charge in [0.2, 0.25) is 0 Å². The van der Waals surface area contributed by atoms with Gasteiger partial charge < -0.3 is 15.8 Å². The summed E-state index contributed by atoms with van der Waals surface area (Å²) in [5, 5.41) is 2.97. The van der Waals surface area contributed by atoms with E-state index in [-0.39, 0.29) is 0 Å². The lowest BCUT2D eigenvalue weighted by Gasteiger charge is -2.08. The van der Waals surface area contributed by atoms with Crippen molar-refractivity contribution < 1.29 is 4.74 Å². The van der Waals surface area contributed by atoms with Crippen LogP contribution in [0.4, 0.5) is 0 Å². The molecule has 88 valence electrons. The summed E-state index contributed by atoms with van der Waals surface area (Å²) in [4.78, 5) is 0. The summed E-state index contributed by atoms with van der Waals surface area (Å²) in [7, 11) is 1.87. The molecule has 0 spiro atoms. The maximum atomic E-state index is 5.41. The highest BCUT2D eigenvalue weighted by Crippen LogP contribution is 2.08. The van der Waals surface area contributed by atoms with Crippen molar-refractivity contribution in [3.63, 3.8) is 0 Å². The van der Waals surface area contributed by atoms with Gasteiger partial charge in [-0.25, -0.2) is 0 Å². The third-order valence-corrected chi connectivity index (χ3v) is 1.47. The van der Waals surface area contributed by atoms with Gasteiger partial charge in [-0.05, 0) is 25.6 Å². The van der Waals surface area contributed by atoms with Crippen LogP contribution < -0.4 is 11.1 Å². The molecule has 3 nitrogen and oxygen atoms in total. The lowest BCUT2D eigenvalue weighted by atomic mass is 10.2. The molecule has 0 radical (unpaired) electrons. The quantitative estimate of drug-likeness (QED) is 0.403. The molecule has 0 aromatic rings. The molecule has 0 fully saturated rings. The van der Waals surface area contributed by atoms with Crippen LogP contribution in [0.3, 0.4) is 0 Å². The van der Waals surface area contributed by atoms with E-state index in [4.69, 9.17) is 10.5 Å². The summed E-state index contributed by atoms with van der Waals surface area (Å²) in [5.74, 6) is 0.641. The van der Waals surface area contributed by atoms with Crippen molar-refractivity contribution in [2.24, 2.45) is 5.73 Å². The summed E-state index contributed by atoms with van der Waals surface area (Å²) in [6.07, 6.45) is 1.74. The van der Waals surface area contributed by atoms with Crippen LogP contribution in [-0.4, -0.2) is 20.2 Å². The van der Waals surface area contributed by atoms with Crippen LogP contribution in [-0.2, 0) is 4.74 Å². The Balaban J connectivity index is 0. The standard InChI is InChI=1S/C10H18N2O.C2H6/c1-8(7-9(2)11)10(3)13-6-5-12-4;1-2/h7,12H,2-3,5-6,11H2,1,4H3;1-2H3/b8-7-;. The highest BCUT2D eigenvalue weighted by atomic mass is 16.5. The minimum absolute atomic E-state index is 0.510. The van der Waals surface area contributed by atoms with Gasteiger partial charge in [-0.15, -0.1) is 0 Å². The van der Waals surface area contributed by atoms with Crippen molar-refractivity contribution in [1.82, 2.24) is 5.32 Å². The number of allylic oxidation sites excluding steroid dienone is 2. The SMILES string of the molecule is C=C(N)/C=C(/C)C(=C)OCCNC.CC. The number of nitrogens with one attached hydrogen (secondary N) is 1. The number of ether oxygens (including phenoxy) is 1. The molecule has 15 heavy (non-hydrogen) atoms. The monoisotopic (exact) mass is 212 g/mol. The minimum Gasteiger partial charge on any atom is -0.493 e. The molecule has 0 aliphatic rings. The van der Waals surface area contributed by atoms with Crippen molar-refractivity contribution in [2.75, 3.05) is 20.2 Å². The molecule has 0 rings (SSSR count). The van der Waals surface area contributed by atoms with Gasteiger partial charge in [-0.3, -0.25) is 0 Å². The zero-order valence-electron chi connectivity index (χ0n) is 10.4. The Labute approximate surface area is 93.7 Å². The molecule has 0 unspecified atom stereocenters. The summed E-state index contributed by atoms with van der Waals surface area (Å²) < 4.78 is 5.32. The average molecular weight is 212 g/mol. The van der Waals surface area contributed by atoms with Crippen molar-refractivity contribution in [1.29, 1.82) is 0 Å². The second-order valence-electron chi connectivity index (χ2n) is 2.78. The predicted molar refractivity (Wildman–Crippen MR) is 67.5 cm³/mol. The maximum Gasteiger partial charge on any atom is 0.115 e. The van der Waals surface area contributed by atoms with Crippen molar-refractivity contribution in [3.05, 3.63) is 36.3 Å². The number of likely N-dealkylation sites (N-methyl/N-ethyl adjacent to an activating group) is 1. The summed E-state index contributed by atoms with van der Waals surface area (Å²) in [5.41, 5.74) is 6.82. The molecule has 0 aromatic heterocycles. The van der Waals surface area contributed by atoms with Gasteiger partial charge in [0.1, 0.15) is 12.4 Å². The Morgan fingerprint density at radius 2 is 1.93 bits per heavy atom. The predicted octanol–water partition coefficient (Wildman–Crippen LogP) is 2.18. The van der Waals surface area contributed by atoms with E-state index in [2.05, 4.69) is 18.5 Å². The molecule has 0 saturated heterocycles. The van der Waals surface area contributed by atoms with E-state index in [0.717, 1.165) is 12.1 Å². The second kappa shape index (κ2) is 10.9. The molecule has 0 aliphatic carbocycles. The van der Waals surface area contributed by atoms with Crippen LogP contribution in [0.25, 0.3) is 0 Å². The minimum atomic E-state index is 0.510. The van der Waals surface area contributed by atoms with Gasteiger partial charge in [0.05, 0.1) is 0 Å². The third-order valence-electron chi connectivity index (χ3n) is 1.47. The highest BCUT2D eigenvalue weighted by Gasteiger charge is 1.96. The first-order valence-electron chi connectivity index (χ1n) is 5.17. The lowest BCUT2D eigenvalue weighted by molar-refractivity contribution is 0.224. The van der Waals surface area contributed by atoms with Gasteiger partial charge >= 0.3 is 0 Å². The normalized spacial score (nSPS) is 10.0. The third kappa shape index (κ3) is 10.7. The van der Waals surface area contributed by atoms with Gasteiger partial charge in [0, 0.05) is 12.2 Å². The van der Waals surface area contributed by atoms with E-state index in [0.29, 0.717) is 18.1 Å². The van der Waals surface area contributed by atoms with Crippen molar-refractivity contribution in [3.8, 4) is 0 Å². The van der Waals surface area contributed by atoms with Crippen LogP contribution in [0.5, 0.6) is 0 Å². The van der Waals surface area contributed by atoms with Crippen LogP contribution in [0, 0.1) is 0 Å². The molecule has 0 aromatic carbocycles. The van der Waals surface area contributed by atoms with Crippen LogP contribution in [0.15, 0.2) is 36.3 Å². The molecule has 3 N–H and O–H groups in total. The van der Waals surface area contributed by atoms with Crippen molar-refractivity contribution in [2.45, 2.75) is 20.8 Å². The first-order chi connectivity index (χ1) is 7.07. The Hall–Kier alpha value is -1.22. The molecular weight excluding hydrogens is 188 g/mol. The summed E-state index contributed by atoms with van der Waals surface area (Å²) in [6.45, 7) is 14.6. The number of hydrogen-bond acceptors (Lipinski definition) is 3. The molecule has 0 heterocycles. The number of hydrogen-bond donors (Lipinski definition) is 2. The Kier molecular flexibility index (Phi) is 11.7. The molecule has 0 amide bonds. The average Bonchev–Trinajstić information content (AvgIpc) is 2.20. The number of rotatable bonds is 6. The molecule has 0 bridgehead atoms. The van der Waals surface area contributed by atoms with Crippen LogP contribution >= 0.6 is 0 Å². The van der Waals surface area contributed by atoms with Crippen LogP contribution in [0.2, 0.25) is 0 Å². The van der Waals surface area contributed by atoms with E-state index in [1.165, 1.54) is 0 Å². The summed E-state index contributed by atoms with van der Waals surface area (Å²) >= 11 is 0. The zero-order chi connectivity index (χ0) is 12.3. The Morgan fingerprint density at radius 3 is 2.33 bits per heavy atom.